The van der Waals surface area contributed by atoms with Gasteiger partial charge in [-0.2, -0.15) is 4.99 Å². The Balaban J connectivity index is 2.35. The van der Waals surface area contributed by atoms with Crippen LogP contribution in [0.15, 0.2) is 29.3 Å². The molecule has 17 heavy (non-hydrogen) atoms. The fourth-order valence-electron chi connectivity index (χ4n) is 2.16. The third kappa shape index (κ3) is 2.16. The lowest BCUT2D eigenvalue weighted by Crippen LogP contribution is -2.33. The van der Waals surface area contributed by atoms with Crippen LogP contribution in [0.25, 0.3) is 0 Å². The van der Waals surface area contributed by atoms with Crippen molar-refractivity contribution in [1.82, 2.24) is 4.90 Å². The highest BCUT2D eigenvalue weighted by Gasteiger charge is 2.33. The number of nitrogens with two attached hydrogens (primary N) is 1. The van der Waals surface area contributed by atoms with Crippen molar-refractivity contribution < 1.29 is 4.79 Å². The van der Waals surface area contributed by atoms with Crippen molar-refractivity contribution in [2.45, 2.75) is 26.3 Å². The summed E-state index contributed by atoms with van der Waals surface area (Å²) in [5.74, 6) is 0.397. The van der Waals surface area contributed by atoms with E-state index in [2.05, 4.69) is 4.99 Å². The molecule has 1 aromatic carbocycles. The van der Waals surface area contributed by atoms with Crippen molar-refractivity contribution in [3.63, 3.8) is 0 Å². The van der Waals surface area contributed by atoms with Crippen molar-refractivity contribution in [3.05, 3.63) is 35.4 Å². The number of aliphatic imine (C=N–C) groups is 1. The van der Waals surface area contributed by atoms with Gasteiger partial charge in [0.05, 0.1) is 0 Å². The molecule has 0 spiro atoms. The maximum absolute atomic E-state index is 11.7. The van der Waals surface area contributed by atoms with Crippen LogP contribution in [-0.2, 0) is 0 Å². The molecule has 0 saturated carbocycles. The number of hydrogen-bond donors (Lipinski definition) is 1. The predicted octanol–water partition coefficient (Wildman–Crippen LogP) is 2.24. The van der Waals surface area contributed by atoms with Gasteiger partial charge in [0.25, 0.3) is 0 Å². The van der Waals surface area contributed by atoms with Gasteiger partial charge in [0.1, 0.15) is 11.9 Å². The molecule has 2 N–H and O–H groups in total. The molecule has 1 aliphatic rings. The average molecular weight is 231 g/mol. The lowest BCUT2D eigenvalue weighted by molar-refractivity contribution is 0.206. The monoisotopic (exact) mass is 231 g/mol. The SMILES string of the molecule is CCCN1C(=O)N=C(N)C1c1cccc(C)c1. The van der Waals surface area contributed by atoms with Gasteiger partial charge in [0, 0.05) is 6.54 Å². The van der Waals surface area contributed by atoms with Crippen LogP contribution < -0.4 is 5.73 Å². The van der Waals surface area contributed by atoms with Gasteiger partial charge in [-0.1, -0.05) is 36.8 Å². The highest BCUT2D eigenvalue weighted by Crippen LogP contribution is 2.27. The van der Waals surface area contributed by atoms with Crippen LogP contribution in [0, 0.1) is 6.92 Å². The number of nitrogens with zero attached hydrogens (tertiary/aromatic N) is 2. The molecule has 90 valence electrons. The number of urea groups is 1. The quantitative estimate of drug-likeness (QED) is 0.867. The summed E-state index contributed by atoms with van der Waals surface area (Å²) >= 11 is 0. The van der Waals surface area contributed by atoms with Gasteiger partial charge in [0.15, 0.2) is 0 Å². The molecule has 0 radical (unpaired) electrons. The molecule has 1 unspecified atom stereocenters. The van der Waals surface area contributed by atoms with E-state index in [1.807, 2.05) is 38.1 Å². The Labute approximate surface area is 101 Å². The molecule has 1 aromatic rings. The standard InChI is InChI=1S/C13H17N3O/c1-3-7-16-11(12(14)15-13(16)17)10-6-4-5-9(2)8-10/h4-6,8,11H,3,7H2,1-2H3,(H2,14,15,17). The average Bonchev–Trinajstić information content (AvgIpc) is 2.54. The maximum Gasteiger partial charge on any atom is 0.346 e. The summed E-state index contributed by atoms with van der Waals surface area (Å²) in [5, 5.41) is 0. The predicted molar refractivity (Wildman–Crippen MR) is 67.9 cm³/mol. The van der Waals surface area contributed by atoms with Crippen LogP contribution in [-0.4, -0.2) is 23.3 Å². The number of carbonyl (C=O) groups excluding carboxylic acids is 1. The molecule has 0 fully saturated rings. The van der Waals surface area contributed by atoms with E-state index in [1.54, 1.807) is 4.90 Å². The van der Waals surface area contributed by atoms with E-state index in [1.165, 1.54) is 0 Å². The Morgan fingerprint density at radius 3 is 2.88 bits per heavy atom. The Morgan fingerprint density at radius 1 is 1.47 bits per heavy atom. The molecule has 0 aliphatic carbocycles. The van der Waals surface area contributed by atoms with Crippen LogP contribution in [0.4, 0.5) is 4.79 Å². The zero-order chi connectivity index (χ0) is 12.4. The maximum atomic E-state index is 11.7. The van der Waals surface area contributed by atoms with Crippen LogP contribution in [0.5, 0.6) is 0 Å². The number of carbonyl (C=O) groups is 1. The van der Waals surface area contributed by atoms with E-state index >= 15 is 0 Å². The Kier molecular flexibility index (Phi) is 3.13. The molecule has 4 nitrogen and oxygen atoms in total. The first kappa shape index (κ1) is 11.6. The number of hydrogen-bond acceptors (Lipinski definition) is 2. The van der Waals surface area contributed by atoms with Crippen molar-refractivity contribution in [1.29, 1.82) is 0 Å². The molecular weight excluding hydrogens is 214 g/mol. The summed E-state index contributed by atoms with van der Waals surface area (Å²) in [5.41, 5.74) is 8.05. The van der Waals surface area contributed by atoms with Crippen molar-refractivity contribution >= 4 is 11.9 Å². The molecule has 4 heteroatoms. The Bertz CT molecular complexity index is 467. The number of amidine groups is 1. The summed E-state index contributed by atoms with van der Waals surface area (Å²) in [6.45, 7) is 4.74. The lowest BCUT2D eigenvalue weighted by Gasteiger charge is -2.24. The highest BCUT2D eigenvalue weighted by atomic mass is 16.2. The van der Waals surface area contributed by atoms with Crippen molar-refractivity contribution in [2.75, 3.05) is 6.54 Å². The third-order valence-electron chi connectivity index (χ3n) is 2.88. The van der Waals surface area contributed by atoms with Gasteiger partial charge < -0.3 is 10.6 Å². The second-order valence-corrected chi connectivity index (χ2v) is 4.33. The number of benzene rings is 1. The van der Waals surface area contributed by atoms with E-state index in [0.717, 1.165) is 17.5 Å². The van der Waals surface area contributed by atoms with Gasteiger partial charge >= 0.3 is 6.03 Å². The Hall–Kier alpha value is -1.84. The minimum Gasteiger partial charge on any atom is -0.385 e. The number of rotatable bonds is 3. The minimum absolute atomic E-state index is 0.192. The van der Waals surface area contributed by atoms with Gasteiger partial charge in [-0.05, 0) is 18.9 Å². The van der Waals surface area contributed by atoms with E-state index in [4.69, 9.17) is 5.73 Å². The van der Waals surface area contributed by atoms with Crippen LogP contribution >= 0.6 is 0 Å². The third-order valence-corrected chi connectivity index (χ3v) is 2.88. The van der Waals surface area contributed by atoms with Crippen molar-refractivity contribution in [2.24, 2.45) is 10.7 Å². The first-order valence-electron chi connectivity index (χ1n) is 5.84. The molecule has 2 rings (SSSR count). The second kappa shape index (κ2) is 4.57. The van der Waals surface area contributed by atoms with Gasteiger partial charge in [0.2, 0.25) is 0 Å². The fraction of sp³-hybridized carbons (Fsp3) is 0.385. The summed E-state index contributed by atoms with van der Waals surface area (Å²) in [6, 6.07) is 7.62. The first-order valence-corrected chi connectivity index (χ1v) is 5.84. The van der Waals surface area contributed by atoms with Gasteiger partial charge in [-0.3, -0.25) is 0 Å². The zero-order valence-electron chi connectivity index (χ0n) is 10.2. The number of aryl methyl sites for hydroxylation is 1. The van der Waals surface area contributed by atoms with Crippen molar-refractivity contribution in [3.8, 4) is 0 Å². The summed E-state index contributed by atoms with van der Waals surface area (Å²) in [7, 11) is 0. The normalized spacial score (nSPS) is 19.6. The van der Waals surface area contributed by atoms with E-state index in [9.17, 15) is 4.79 Å². The minimum atomic E-state index is -0.226. The van der Waals surface area contributed by atoms with Crippen LogP contribution in [0.1, 0.15) is 30.5 Å². The molecule has 1 atom stereocenters. The molecule has 1 aliphatic heterocycles. The first-order chi connectivity index (χ1) is 8.13. The molecule has 2 amide bonds. The molecule has 0 aromatic heterocycles. The second-order valence-electron chi connectivity index (χ2n) is 4.33. The molecular formula is C13H17N3O. The van der Waals surface area contributed by atoms with Gasteiger partial charge in [-0.15, -0.1) is 0 Å². The lowest BCUT2D eigenvalue weighted by atomic mass is 10.0. The summed E-state index contributed by atoms with van der Waals surface area (Å²) in [4.78, 5) is 17.3. The van der Waals surface area contributed by atoms with E-state index in [0.29, 0.717) is 12.4 Å². The zero-order valence-corrected chi connectivity index (χ0v) is 10.2. The van der Waals surface area contributed by atoms with Crippen LogP contribution in [0.2, 0.25) is 0 Å². The summed E-state index contributed by atoms with van der Waals surface area (Å²) in [6.07, 6.45) is 0.900. The fourth-order valence-corrected chi connectivity index (χ4v) is 2.16. The Morgan fingerprint density at radius 2 is 2.24 bits per heavy atom. The number of amides is 2. The largest absolute Gasteiger partial charge is 0.385 e. The summed E-state index contributed by atoms with van der Waals surface area (Å²) < 4.78 is 0. The van der Waals surface area contributed by atoms with Crippen LogP contribution in [0.3, 0.4) is 0 Å². The topological polar surface area (TPSA) is 58.7 Å². The molecule has 0 saturated heterocycles. The van der Waals surface area contributed by atoms with E-state index in [-0.39, 0.29) is 12.1 Å². The van der Waals surface area contributed by atoms with Gasteiger partial charge in [-0.25, -0.2) is 4.79 Å². The molecule has 1 heterocycles. The van der Waals surface area contributed by atoms with E-state index < -0.39 is 0 Å². The highest BCUT2D eigenvalue weighted by molar-refractivity contribution is 6.03. The smallest absolute Gasteiger partial charge is 0.346 e. The molecule has 0 bridgehead atoms.